The monoisotopic (exact) mass is 285 g/mol. The Labute approximate surface area is 115 Å². The molecular weight excluding hydrogens is 273 g/mol. The number of hydrogen-bond donors (Lipinski definition) is 0. The summed E-state index contributed by atoms with van der Waals surface area (Å²) < 4.78 is 7.51. The van der Waals surface area contributed by atoms with Crippen molar-refractivity contribution in [1.29, 1.82) is 0 Å². The molecule has 0 aliphatic carbocycles. The molecule has 0 aliphatic rings. The minimum absolute atomic E-state index is 0.251. The molecule has 96 valence electrons. The summed E-state index contributed by atoms with van der Waals surface area (Å²) in [6.07, 6.45) is 0. The Kier molecular flexibility index (Phi) is 3.78. The third kappa shape index (κ3) is 2.44. The van der Waals surface area contributed by atoms with Gasteiger partial charge in [-0.15, -0.1) is 11.6 Å². The van der Waals surface area contributed by atoms with E-state index < -0.39 is 0 Å². The van der Waals surface area contributed by atoms with Crippen molar-refractivity contribution >= 4 is 23.2 Å². The van der Waals surface area contributed by atoms with E-state index >= 15 is 0 Å². The first kappa shape index (κ1) is 13.2. The number of halogens is 2. The standard InChI is InChI=1S/C12H13Cl2N3O/c1-7-12(8(2)17(3)16-7)18-11-5-4-9(14)10(6-13)15-11/h4-5H,6H2,1-3H3. The van der Waals surface area contributed by atoms with Crippen LogP contribution in [0, 0.1) is 13.8 Å². The molecule has 0 atom stereocenters. The summed E-state index contributed by atoms with van der Waals surface area (Å²) in [6.45, 7) is 3.83. The average Bonchev–Trinajstić information content (AvgIpc) is 2.58. The number of hydrogen-bond acceptors (Lipinski definition) is 3. The van der Waals surface area contributed by atoms with Gasteiger partial charge in [0.25, 0.3) is 0 Å². The molecule has 0 N–H and O–H groups in total. The summed E-state index contributed by atoms with van der Waals surface area (Å²) in [6, 6.07) is 3.44. The Morgan fingerprint density at radius 2 is 2.06 bits per heavy atom. The van der Waals surface area contributed by atoms with Crippen LogP contribution in [0.2, 0.25) is 5.02 Å². The van der Waals surface area contributed by atoms with Crippen molar-refractivity contribution in [2.75, 3.05) is 0 Å². The molecule has 0 fully saturated rings. The quantitative estimate of drug-likeness (QED) is 0.809. The van der Waals surface area contributed by atoms with Gasteiger partial charge in [-0.2, -0.15) is 5.10 Å². The topological polar surface area (TPSA) is 39.9 Å². The Morgan fingerprint density at radius 1 is 1.33 bits per heavy atom. The van der Waals surface area contributed by atoms with Crippen molar-refractivity contribution in [2.45, 2.75) is 19.7 Å². The van der Waals surface area contributed by atoms with Crippen molar-refractivity contribution in [3.63, 3.8) is 0 Å². The Hall–Kier alpha value is -1.26. The van der Waals surface area contributed by atoms with Crippen LogP contribution in [0.5, 0.6) is 11.6 Å². The molecule has 6 heteroatoms. The summed E-state index contributed by atoms with van der Waals surface area (Å²) in [7, 11) is 1.87. The normalized spacial score (nSPS) is 10.7. The SMILES string of the molecule is Cc1nn(C)c(C)c1Oc1ccc(Cl)c(CCl)n1. The van der Waals surface area contributed by atoms with Gasteiger partial charge in [-0.25, -0.2) is 4.98 Å². The zero-order valence-electron chi connectivity index (χ0n) is 10.4. The zero-order valence-corrected chi connectivity index (χ0v) is 11.9. The number of ether oxygens (including phenoxy) is 1. The van der Waals surface area contributed by atoms with Crippen LogP contribution in [0.25, 0.3) is 0 Å². The molecule has 0 amide bonds. The van der Waals surface area contributed by atoms with E-state index in [0.717, 1.165) is 11.4 Å². The second-order valence-electron chi connectivity index (χ2n) is 3.94. The molecule has 0 aromatic carbocycles. The minimum atomic E-state index is 0.251. The lowest BCUT2D eigenvalue weighted by Gasteiger charge is -2.07. The number of alkyl halides is 1. The van der Waals surface area contributed by atoms with Crippen LogP contribution in [0.3, 0.4) is 0 Å². The van der Waals surface area contributed by atoms with E-state index in [2.05, 4.69) is 10.1 Å². The van der Waals surface area contributed by atoms with Crippen molar-refractivity contribution < 1.29 is 4.74 Å². The largest absolute Gasteiger partial charge is 0.435 e. The summed E-state index contributed by atoms with van der Waals surface area (Å²) in [5, 5.41) is 4.82. The van der Waals surface area contributed by atoms with E-state index in [0.29, 0.717) is 22.3 Å². The van der Waals surface area contributed by atoms with Crippen LogP contribution < -0.4 is 4.74 Å². The molecule has 0 saturated carbocycles. The van der Waals surface area contributed by atoms with Gasteiger partial charge in [0.1, 0.15) is 5.69 Å². The molecule has 0 spiro atoms. The predicted molar refractivity (Wildman–Crippen MR) is 71.6 cm³/mol. The van der Waals surface area contributed by atoms with E-state index in [-0.39, 0.29) is 5.88 Å². The van der Waals surface area contributed by atoms with Crippen molar-refractivity contribution in [1.82, 2.24) is 14.8 Å². The molecule has 0 saturated heterocycles. The third-order valence-electron chi connectivity index (χ3n) is 2.67. The van der Waals surface area contributed by atoms with Gasteiger partial charge in [0.05, 0.1) is 22.3 Å². The van der Waals surface area contributed by atoms with E-state index in [4.69, 9.17) is 27.9 Å². The Morgan fingerprint density at radius 3 is 2.61 bits per heavy atom. The first-order valence-corrected chi connectivity index (χ1v) is 6.33. The van der Waals surface area contributed by atoms with E-state index in [1.54, 1.807) is 16.8 Å². The second-order valence-corrected chi connectivity index (χ2v) is 4.61. The third-order valence-corrected chi connectivity index (χ3v) is 3.27. The fraction of sp³-hybridized carbons (Fsp3) is 0.333. The maximum atomic E-state index is 5.95. The van der Waals surface area contributed by atoms with E-state index in [9.17, 15) is 0 Å². The van der Waals surface area contributed by atoms with Crippen LogP contribution in [-0.4, -0.2) is 14.8 Å². The molecule has 0 aliphatic heterocycles. The van der Waals surface area contributed by atoms with E-state index in [1.807, 2.05) is 20.9 Å². The highest BCUT2D eigenvalue weighted by Gasteiger charge is 2.13. The van der Waals surface area contributed by atoms with Crippen molar-refractivity contribution in [3.8, 4) is 11.6 Å². The molecule has 18 heavy (non-hydrogen) atoms. The fourth-order valence-electron chi connectivity index (χ4n) is 1.62. The molecular formula is C12H13Cl2N3O. The van der Waals surface area contributed by atoms with Crippen LogP contribution in [0.4, 0.5) is 0 Å². The molecule has 0 bridgehead atoms. The number of nitrogens with zero attached hydrogens (tertiary/aromatic N) is 3. The van der Waals surface area contributed by atoms with Gasteiger partial charge in [0, 0.05) is 13.1 Å². The fourth-order valence-corrected chi connectivity index (χ4v) is 2.07. The zero-order chi connectivity index (χ0) is 13.3. The lowest BCUT2D eigenvalue weighted by molar-refractivity contribution is 0.454. The lowest BCUT2D eigenvalue weighted by Crippen LogP contribution is -1.95. The number of aryl methyl sites for hydroxylation is 2. The first-order valence-electron chi connectivity index (χ1n) is 5.42. The van der Waals surface area contributed by atoms with Gasteiger partial charge < -0.3 is 4.74 Å². The van der Waals surface area contributed by atoms with Crippen LogP contribution in [0.15, 0.2) is 12.1 Å². The number of aromatic nitrogens is 3. The van der Waals surface area contributed by atoms with E-state index in [1.165, 1.54) is 0 Å². The molecule has 2 aromatic heterocycles. The molecule has 0 unspecified atom stereocenters. The lowest BCUT2D eigenvalue weighted by atomic mass is 10.3. The van der Waals surface area contributed by atoms with Gasteiger partial charge in [-0.3, -0.25) is 4.68 Å². The number of rotatable bonds is 3. The second kappa shape index (κ2) is 5.16. The average molecular weight is 286 g/mol. The maximum absolute atomic E-state index is 5.95. The van der Waals surface area contributed by atoms with Gasteiger partial charge in [0.15, 0.2) is 5.75 Å². The summed E-state index contributed by atoms with van der Waals surface area (Å²) in [4.78, 5) is 4.25. The van der Waals surface area contributed by atoms with Crippen LogP contribution in [-0.2, 0) is 12.9 Å². The highest BCUT2D eigenvalue weighted by Crippen LogP contribution is 2.28. The van der Waals surface area contributed by atoms with Crippen molar-refractivity contribution in [2.24, 2.45) is 7.05 Å². The Balaban J connectivity index is 2.34. The van der Waals surface area contributed by atoms with Gasteiger partial charge in [-0.05, 0) is 19.9 Å². The molecule has 2 rings (SSSR count). The van der Waals surface area contributed by atoms with Crippen LogP contribution >= 0.6 is 23.2 Å². The summed E-state index contributed by atoms with van der Waals surface area (Å²) >= 11 is 11.7. The summed E-state index contributed by atoms with van der Waals surface area (Å²) in [5.74, 6) is 1.43. The molecule has 0 radical (unpaired) electrons. The molecule has 2 aromatic rings. The van der Waals surface area contributed by atoms with Crippen LogP contribution in [0.1, 0.15) is 17.1 Å². The minimum Gasteiger partial charge on any atom is -0.435 e. The molecule has 4 nitrogen and oxygen atoms in total. The Bertz CT molecular complexity index is 581. The van der Waals surface area contributed by atoms with Gasteiger partial charge in [0.2, 0.25) is 5.88 Å². The molecule has 2 heterocycles. The first-order chi connectivity index (χ1) is 8.52. The van der Waals surface area contributed by atoms with Gasteiger partial charge in [-0.1, -0.05) is 11.6 Å². The highest BCUT2D eigenvalue weighted by molar-refractivity contribution is 6.32. The number of pyridine rings is 1. The van der Waals surface area contributed by atoms with Gasteiger partial charge >= 0.3 is 0 Å². The predicted octanol–water partition coefficient (Wildman–Crippen LogP) is 3.62. The maximum Gasteiger partial charge on any atom is 0.219 e. The highest BCUT2D eigenvalue weighted by atomic mass is 35.5. The van der Waals surface area contributed by atoms with Crippen molar-refractivity contribution in [3.05, 3.63) is 34.2 Å². The smallest absolute Gasteiger partial charge is 0.219 e. The summed E-state index contributed by atoms with van der Waals surface area (Å²) in [5.41, 5.74) is 2.37.